The fraction of sp³-hybridized carbons (Fsp3) is 0.333. The summed E-state index contributed by atoms with van der Waals surface area (Å²) in [5.41, 5.74) is 0.549. The Kier molecular flexibility index (Phi) is 4.17. The first kappa shape index (κ1) is 14.2. The maximum Gasteiger partial charge on any atom is 0.328 e. The molecule has 0 radical (unpaired) electrons. The van der Waals surface area contributed by atoms with Crippen molar-refractivity contribution in [3.05, 3.63) is 35.7 Å². The van der Waals surface area contributed by atoms with Crippen molar-refractivity contribution in [1.29, 1.82) is 0 Å². The molecule has 4 nitrogen and oxygen atoms in total. The lowest BCUT2D eigenvalue weighted by Crippen LogP contribution is -2.21. The zero-order valence-electron chi connectivity index (χ0n) is 11.1. The molecule has 1 aromatic rings. The number of halogens is 1. The van der Waals surface area contributed by atoms with Crippen LogP contribution in [0.5, 0.6) is 0 Å². The van der Waals surface area contributed by atoms with Crippen molar-refractivity contribution in [2.45, 2.75) is 19.8 Å². The van der Waals surface area contributed by atoms with E-state index < -0.39 is 11.8 Å². The van der Waals surface area contributed by atoms with Crippen LogP contribution in [0, 0.1) is 17.7 Å². The fourth-order valence-electron chi connectivity index (χ4n) is 1.97. The zero-order valence-corrected chi connectivity index (χ0v) is 11.1. The van der Waals surface area contributed by atoms with Gasteiger partial charge < -0.3 is 10.4 Å². The highest BCUT2D eigenvalue weighted by Crippen LogP contribution is 2.37. The SMILES string of the molecule is CC(C(=O)Nc1ccc(/C=C/C(=O)O)c(F)c1)C1CC1. The number of carbonyl (C=O) groups is 2. The molecule has 1 aromatic carbocycles. The second-order valence-electron chi connectivity index (χ2n) is 5.02. The second-order valence-corrected chi connectivity index (χ2v) is 5.02. The van der Waals surface area contributed by atoms with Gasteiger partial charge in [-0.2, -0.15) is 0 Å². The molecule has 0 aromatic heterocycles. The van der Waals surface area contributed by atoms with E-state index in [0.717, 1.165) is 18.9 Å². The standard InChI is InChI=1S/C15H16FNO3/c1-9(10-2-3-10)15(20)17-12-6-4-11(13(16)8-12)5-7-14(18)19/h4-10H,2-3H2,1H3,(H,17,20)(H,18,19)/b7-5+. The molecule has 1 atom stereocenters. The molecule has 0 aliphatic heterocycles. The lowest BCUT2D eigenvalue weighted by molar-refractivity contribution is -0.131. The number of carbonyl (C=O) groups excluding carboxylic acids is 1. The van der Waals surface area contributed by atoms with Gasteiger partial charge in [0.2, 0.25) is 5.91 Å². The Morgan fingerprint density at radius 3 is 2.70 bits per heavy atom. The molecule has 20 heavy (non-hydrogen) atoms. The van der Waals surface area contributed by atoms with E-state index in [1.807, 2.05) is 6.92 Å². The summed E-state index contributed by atoms with van der Waals surface area (Å²) in [7, 11) is 0. The Bertz CT molecular complexity index is 564. The van der Waals surface area contributed by atoms with Gasteiger partial charge in [0.05, 0.1) is 0 Å². The minimum absolute atomic E-state index is 0.0651. The molecular weight excluding hydrogens is 261 g/mol. The molecular formula is C15H16FNO3. The molecule has 1 aliphatic carbocycles. The van der Waals surface area contributed by atoms with Gasteiger partial charge in [0.15, 0.2) is 0 Å². The average molecular weight is 277 g/mol. The summed E-state index contributed by atoms with van der Waals surface area (Å²) in [5.74, 6) is -1.44. The van der Waals surface area contributed by atoms with Crippen LogP contribution in [-0.4, -0.2) is 17.0 Å². The number of nitrogens with one attached hydrogen (secondary N) is 1. The number of hydrogen-bond acceptors (Lipinski definition) is 2. The van der Waals surface area contributed by atoms with E-state index in [4.69, 9.17) is 5.11 Å². The predicted molar refractivity (Wildman–Crippen MR) is 73.6 cm³/mol. The van der Waals surface area contributed by atoms with E-state index in [9.17, 15) is 14.0 Å². The molecule has 2 N–H and O–H groups in total. The number of aliphatic carboxylic acids is 1. The third-order valence-corrected chi connectivity index (χ3v) is 3.42. The molecule has 0 bridgehead atoms. The van der Waals surface area contributed by atoms with Gasteiger partial charge in [-0.25, -0.2) is 9.18 Å². The lowest BCUT2D eigenvalue weighted by Gasteiger charge is -2.11. The van der Waals surface area contributed by atoms with Crippen molar-refractivity contribution < 1.29 is 19.1 Å². The second kappa shape index (κ2) is 5.86. The highest BCUT2D eigenvalue weighted by atomic mass is 19.1. The van der Waals surface area contributed by atoms with E-state index in [1.165, 1.54) is 18.2 Å². The van der Waals surface area contributed by atoms with E-state index in [-0.39, 0.29) is 17.4 Å². The van der Waals surface area contributed by atoms with Crippen LogP contribution in [0.25, 0.3) is 6.08 Å². The van der Waals surface area contributed by atoms with Crippen LogP contribution in [0.4, 0.5) is 10.1 Å². The molecule has 1 fully saturated rings. The Morgan fingerprint density at radius 1 is 1.45 bits per heavy atom. The summed E-state index contributed by atoms with van der Waals surface area (Å²) in [6.07, 6.45) is 4.19. The summed E-state index contributed by atoms with van der Waals surface area (Å²) < 4.78 is 13.7. The number of carboxylic acids is 1. The molecule has 1 amide bonds. The topological polar surface area (TPSA) is 66.4 Å². The van der Waals surface area contributed by atoms with Gasteiger partial charge in [0.25, 0.3) is 0 Å². The normalized spacial score (nSPS) is 16.1. The minimum atomic E-state index is -1.14. The van der Waals surface area contributed by atoms with Crippen LogP contribution in [0.15, 0.2) is 24.3 Å². The predicted octanol–water partition coefficient (Wildman–Crippen LogP) is 2.91. The number of anilines is 1. The summed E-state index contributed by atoms with van der Waals surface area (Å²) in [5, 5.41) is 11.2. The highest BCUT2D eigenvalue weighted by Gasteiger charge is 2.32. The minimum Gasteiger partial charge on any atom is -0.478 e. The summed E-state index contributed by atoms with van der Waals surface area (Å²) in [6.45, 7) is 1.87. The average Bonchev–Trinajstić information content (AvgIpc) is 3.20. The fourth-order valence-corrected chi connectivity index (χ4v) is 1.97. The Hall–Kier alpha value is -2.17. The van der Waals surface area contributed by atoms with Gasteiger partial charge in [-0.3, -0.25) is 4.79 Å². The number of hydrogen-bond donors (Lipinski definition) is 2. The molecule has 1 unspecified atom stereocenters. The first-order chi connectivity index (χ1) is 9.47. The smallest absolute Gasteiger partial charge is 0.328 e. The van der Waals surface area contributed by atoms with Gasteiger partial charge in [-0.1, -0.05) is 6.92 Å². The van der Waals surface area contributed by atoms with Crippen molar-refractivity contribution in [1.82, 2.24) is 0 Å². The van der Waals surface area contributed by atoms with Crippen LogP contribution < -0.4 is 5.32 Å². The summed E-state index contributed by atoms with van der Waals surface area (Å²) in [4.78, 5) is 22.3. The van der Waals surface area contributed by atoms with Crippen molar-refractivity contribution in [2.75, 3.05) is 5.32 Å². The van der Waals surface area contributed by atoms with E-state index in [0.29, 0.717) is 11.6 Å². The Morgan fingerprint density at radius 2 is 2.15 bits per heavy atom. The van der Waals surface area contributed by atoms with E-state index in [1.54, 1.807) is 6.07 Å². The molecule has 5 heteroatoms. The molecule has 106 valence electrons. The Balaban J connectivity index is 2.04. The van der Waals surface area contributed by atoms with Crippen LogP contribution in [0.1, 0.15) is 25.3 Å². The monoisotopic (exact) mass is 277 g/mol. The number of rotatable bonds is 5. The first-order valence-electron chi connectivity index (χ1n) is 6.49. The highest BCUT2D eigenvalue weighted by molar-refractivity contribution is 5.93. The largest absolute Gasteiger partial charge is 0.478 e. The summed E-state index contributed by atoms with van der Waals surface area (Å²) in [6, 6.07) is 4.19. The van der Waals surface area contributed by atoms with Gasteiger partial charge in [0.1, 0.15) is 5.82 Å². The molecule has 0 heterocycles. The molecule has 1 saturated carbocycles. The number of amides is 1. The number of carboxylic acid groups (broad SMARTS) is 1. The van der Waals surface area contributed by atoms with E-state index in [2.05, 4.69) is 5.32 Å². The quantitative estimate of drug-likeness (QED) is 0.813. The van der Waals surface area contributed by atoms with Crippen molar-refractivity contribution >= 4 is 23.6 Å². The molecule has 2 rings (SSSR count). The van der Waals surface area contributed by atoms with Gasteiger partial charge in [-0.05, 0) is 43.0 Å². The van der Waals surface area contributed by atoms with Crippen molar-refractivity contribution in [2.24, 2.45) is 11.8 Å². The van der Waals surface area contributed by atoms with Gasteiger partial charge >= 0.3 is 5.97 Å². The van der Waals surface area contributed by atoms with E-state index >= 15 is 0 Å². The lowest BCUT2D eigenvalue weighted by atomic mass is 10.1. The number of benzene rings is 1. The molecule has 0 spiro atoms. The van der Waals surface area contributed by atoms with Crippen LogP contribution in [-0.2, 0) is 9.59 Å². The molecule has 0 saturated heterocycles. The van der Waals surface area contributed by atoms with Crippen molar-refractivity contribution in [3.8, 4) is 0 Å². The Labute approximate surface area is 116 Å². The van der Waals surface area contributed by atoms with Crippen LogP contribution in [0.2, 0.25) is 0 Å². The van der Waals surface area contributed by atoms with Crippen LogP contribution in [0.3, 0.4) is 0 Å². The first-order valence-corrected chi connectivity index (χ1v) is 6.49. The molecule has 1 aliphatic rings. The third-order valence-electron chi connectivity index (χ3n) is 3.42. The maximum absolute atomic E-state index is 13.7. The van der Waals surface area contributed by atoms with Crippen LogP contribution >= 0.6 is 0 Å². The van der Waals surface area contributed by atoms with Crippen molar-refractivity contribution in [3.63, 3.8) is 0 Å². The zero-order chi connectivity index (χ0) is 14.7. The third kappa shape index (κ3) is 3.66. The van der Waals surface area contributed by atoms with Gasteiger partial charge in [-0.15, -0.1) is 0 Å². The maximum atomic E-state index is 13.7. The summed E-state index contributed by atoms with van der Waals surface area (Å²) >= 11 is 0. The van der Waals surface area contributed by atoms with Gasteiger partial charge in [0, 0.05) is 23.2 Å².